The Morgan fingerprint density at radius 2 is 1.79 bits per heavy atom. The first-order chi connectivity index (χ1) is 20.3. The van der Waals surface area contributed by atoms with Gasteiger partial charge in [-0.3, -0.25) is 4.90 Å². The van der Waals surface area contributed by atoms with Crippen LogP contribution in [0.4, 0.5) is 0 Å². The van der Waals surface area contributed by atoms with Gasteiger partial charge in [-0.1, -0.05) is 23.7 Å². The predicted molar refractivity (Wildman–Crippen MR) is 152 cm³/mol. The maximum absolute atomic E-state index is 13.3. The van der Waals surface area contributed by atoms with Crippen molar-refractivity contribution in [3.05, 3.63) is 63.2 Å². The summed E-state index contributed by atoms with van der Waals surface area (Å²) in [6.45, 7) is 2.60. The van der Waals surface area contributed by atoms with Crippen LogP contribution in [-0.4, -0.2) is 65.2 Å². The van der Waals surface area contributed by atoms with E-state index in [0.29, 0.717) is 58.4 Å². The maximum Gasteiger partial charge on any atom is 0.343 e. The van der Waals surface area contributed by atoms with Gasteiger partial charge in [-0.2, -0.15) is 0 Å². The van der Waals surface area contributed by atoms with Crippen LogP contribution in [0.5, 0.6) is 28.7 Å². The second-order valence-corrected chi connectivity index (χ2v) is 10.5. The average Bonchev–Trinajstić information content (AvgIpc) is 3.60. The molecule has 0 spiro atoms. The summed E-state index contributed by atoms with van der Waals surface area (Å²) >= 11 is 6.41. The number of benzene rings is 3. The second kappa shape index (κ2) is 10.9. The Balaban J connectivity index is 1.58. The van der Waals surface area contributed by atoms with E-state index in [2.05, 4.69) is 4.90 Å². The highest BCUT2D eigenvalue weighted by Crippen LogP contribution is 2.59. The van der Waals surface area contributed by atoms with E-state index < -0.39 is 24.1 Å². The molecule has 0 bridgehead atoms. The van der Waals surface area contributed by atoms with E-state index in [4.69, 9.17) is 44.8 Å². The van der Waals surface area contributed by atoms with Crippen LogP contribution in [0, 0.1) is 0 Å². The number of nitrogens with zero attached hydrogens (tertiary/aromatic N) is 1. The molecule has 2 atom stereocenters. The van der Waals surface area contributed by atoms with Crippen LogP contribution in [0.3, 0.4) is 0 Å². The van der Waals surface area contributed by atoms with Gasteiger partial charge in [0.1, 0.15) is 11.7 Å². The molecule has 3 aliphatic heterocycles. The molecule has 0 aliphatic carbocycles. The third-order valence-electron chi connectivity index (χ3n) is 7.97. The van der Waals surface area contributed by atoms with Crippen LogP contribution in [0.15, 0.2) is 30.3 Å². The highest BCUT2D eigenvalue weighted by molar-refractivity contribution is 6.33. The fraction of sp³-hybridized carbons (Fsp3) is 0.355. The summed E-state index contributed by atoms with van der Waals surface area (Å²) in [6, 6.07) is 8.37. The number of methoxy groups -OCH3 is 3. The second-order valence-electron chi connectivity index (χ2n) is 10.0. The third kappa shape index (κ3) is 4.20. The molecule has 3 heterocycles. The normalized spacial score (nSPS) is 18.7. The molecular formula is C31H30ClNO9. The van der Waals surface area contributed by atoms with Gasteiger partial charge in [0.25, 0.3) is 0 Å². The summed E-state index contributed by atoms with van der Waals surface area (Å²) in [5.74, 6) is 1.21. The fourth-order valence-electron chi connectivity index (χ4n) is 6.18. The zero-order valence-electron chi connectivity index (χ0n) is 23.9. The molecule has 42 heavy (non-hydrogen) atoms. The van der Waals surface area contributed by atoms with E-state index in [1.54, 1.807) is 32.2 Å². The highest BCUT2D eigenvalue weighted by Gasteiger charge is 2.47. The smallest absolute Gasteiger partial charge is 0.343 e. The van der Waals surface area contributed by atoms with Gasteiger partial charge < -0.3 is 33.2 Å². The molecule has 220 valence electrons. The summed E-state index contributed by atoms with van der Waals surface area (Å²) in [5, 5.41) is 0.282. The number of halogens is 1. The van der Waals surface area contributed by atoms with Gasteiger partial charge in [-0.05, 0) is 49.7 Å². The zero-order chi connectivity index (χ0) is 29.7. The lowest BCUT2D eigenvalue weighted by Crippen LogP contribution is -2.36. The number of cyclic esters (lactones) is 1. The van der Waals surface area contributed by atoms with Crippen LogP contribution < -0.4 is 23.7 Å². The lowest BCUT2D eigenvalue weighted by Gasteiger charge is -2.39. The van der Waals surface area contributed by atoms with Crippen molar-refractivity contribution in [1.82, 2.24) is 4.90 Å². The van der Waals surface area contributed by atoms with Gasteiger partial charge >= 0.3 is 11.9 Å². The van der Waals surface area contributed by atoms with Crippen molar-refractivity contribution >= 4 is 23.5 Å². The van der Waals surface area contributed by atoms with Gasteiger partial charge in [0.05, 0.1) is 44.6 Å². The van der Waals surface area contributed by atoms with Crippen LogP contribution in [0.25, 0.3) is 11.1 Å². The minimum atomic E-state index is -0.682. The first kappa shape index (κ1) is 28.0. The molecule has 0 fully saturated rings. The minimum absolute atomic E-state index is 0.00133. The Morgan fingerprint density at radius 3 is 2.50 bits per heavy atom. The SMILES string of the molecule is CCOC(=O)c1cc(-c2c3c(c(OC)c4c2OCO4)[C@H]([C@H]2OC(=O)c4c2ccc(OC)c4OC)N(C)CC3)ccc1Cl. The lowest BCUT2D eigenvalue weighted by atomic mass is 9.81. The van der Waals surface area contributed by atoms with E-state index in [1.165, 1.54) is 14.2 Å². The van der Waals surface area contributed by atoms with E-state index in [9.17, 15) is 9.59 Å². The third-order valence-corrected chi connectivity index (χ3v) is 8.30. The Morgan fingerprint density at radius 1 is 1.02 bits per heavy atom. The Labute approximate surface area is 247 Å². The van der Waals surface area contributed by atoms with E-state index in [1.807, 2.05) is 19.2 Å². The number of esters is 2. The van der Waals surface area contributed by atoms with Crippen molar-refractivity contribution in [2.75, 3.05) is 48.3 Å². The molecule has 3 aliphatic rings. The van der Waals surface area contributed by atoms with Crippen LogP contribution in [0.1, 0.15) is 56.5 Å². The molecule has 3 aromatic carbocycles. The van der Waals surface area contributed by atoms with E-state index in [-0.39, 0.29) is 24.0 Å². The largest absolute Gasteiger partial charge is 0.493 e. The summed E-state index contributed by atoms with van der Waals surface area (Å²) in [5.41, 5.74) is 4.47. The molecule has 0 amide bonds. The maximum atomic E-state index is 13.3. The van der Waals surface area contributed by atoms with Crippen LogP contribution in [0.2, 0.25) is 5.02 Å². The van der Waals surface area contributed by atoms with E-state index in [0.717, 1.165) is 16.7 Å². The van der Waals surface area contributed by atoms with Gasteiger partial charge in [0.2, 0.25) is 12.5 Å². The Hall–Kier alpha value is -4.15. The molecule has 10 nitrogen and oxygen atoms in total. The topological polar surface area (TPSA) is 102 Å². The molecule has 0 saturated heterocycles. The number of ether oxygens (including phenoxy) is 7. The molecule has 3 aromatic rings. The van der Waals surface area contributed by atoms with Crippen molar-refractivity contribution in [3.63, 3.8) is 0 Å². The number of likely N-dealkylation sites (N-methyl/N-ethyl adjacent to an activating group) is 1. The number of fused-ring (bicyclic) bond motifs is 3. The van der Waals surface area contributed by atoms with Crippen molar-refractivity contribution in [2.24, 2.45) is 0 Å². The first-order valence-electron chi connectivity index (χ1n) is 13.5. The van der Waals surface area contributed by atoms with Gasteiger partial charge in [0.15, 0.2) is 23.0 Å². The molecule has 0 unspecified atom stereocenters. The van der Waals surface area contributed by atoms with Crippen molar-refractivity contribution in [1.29, 1.82) is 0 Å². The Bertz CT molecular complexity index is 1600. The summed E-state index contributed by atoms with van der Waals surface area (Å²) < 4.78 is 40.3. The summed E-state index contributed by atoms with van der Waals surface area (Å²) in [7, 11) is 6.57. The number of carbonyl (C=O) groups is 2. The van der Waals surface area contributed by atoms with Gasteiger partial charge in [-0.15, -0.1) is 0 Å². The zero-order valence-corrected chi connectivity index (χ0v) is 24.6. The number of hydrogen-bond donors (Lipinski definition) is 0. The van der Waals surface area contributed by atoms with Crippen LogP contribution >= 0.6 is 11.6 Å². The molecule has 11 heteroatoms. The molecule has 0 saturated carbocycles. The van der Waals surface area contributed by atoms with Crippen molar-refractivity contribution in [3.8, 4) is 39.9 Å². The van der Waals surface area contributed by atoms with Crippen molar-refractivity contribution in [2.45, 2.75) is 25.5 Å². The number of hydrogen-bond acceptors (Lipinski definition) is 10. The molecule has 0 aromatic heterocycles. The number of carbonyl (C=O) groups excluding carboxylic acids is 2. The monoisotopic (exact) mass is 595 g/mol. The minimum Gasteiger partial charge on any atom is -0.493 e. The Kier molecular flexibility index (Phi) is 7.28. The molecule has 6 rings (SSSR count). The molecule has 0 radical (unpaired) electrons. The summed E-state index contributed by atoms with van der Waals surface area (Å²) in [6.07, 6.45) is -0.0552. The van der Waals surface area contributed by atoms with Gasteiger partial charge in [0, 0.05) is 23.2 Å². The molecule has 0 N–H and O–H groups in total. The highest BCUT2D eigenvalue weighted by atomic mass is 35.5. The standard InChI is InChI=1S/C31H30ClNO9/c1-6-39-30(34)18-13-15(7-9-19(18)32)21-16-11-12-33(2)24(22(16)27(38-5)29-28(21)40-14-41-29)25-17-8-10-20(36-3)26(37-4)23(17)31(35)42-25/h7-10,13,24-25H,6,11-12,14H2,1-5H3/t24-,25+/m1/s1. The quantitative estimate of drug-likeness (QED) is 0.331. The fourth-order valence-corrected chi connectivity index (χ4v) is 6.38. The average molecular weight is 596 g/mol. The molecular weight excluding hydrogens is 566 g/mol. The van der Waals surface area contributed by atoms with Crippen LogP contribution in [-0.2, 0) is 15.9 Å². The summed E-state index contributed by atoms with van der Waals surface area (Å²) in [4.78, 5) is 28.2. The lowest BCUT2D eigenvalue weighted by molar-refractivity contribution is 0.00876. The van der Waals surface area contributed by atoms with E-state index >= 15 is 0 Å². The predicted octanol–water partition coefficient (Wildman–Crippen LogP) is 5.38. The first-order valence-corrected chi connectivity index (χ1v) is 13.9. The number of rotatable bonds is 7. The van der Waals surface area contributed by atoms with Crippen molar-refractivity contribution < 1.29 is 42.7 Å². The van der Waals surface area contributed by atoms with Gasteiger partial charge in [-0.25, -0.2) is 9.59 Å².